The monoisotopic (exact) mass is 246 g/mol. The van der Waals surface area contributed by atoms with Gasteiger partial charge in [-0.25, -0.2) is 0 Å². The third kappa shape index (κ3) is 2.74. The molecule has 0 spiro atoms. The number of nitrogens with one attached hydrogen (secondary N) is 1. The lowest BCUT2D eigenvalue weighted by molar-refractivity contribution is 0.164. The maximum atomic E-state index is 9.07. The molecule has 0 aliphatic carbocycles. The fraction of sp³-hybridized carbons (Fsp3) is 0.467. The van der Waals surface area contributed by atoms with Crippen LogP contribution in [0, 0.1) is 0 Å². The number of likely N-dealkylation sites (N-methyl/N-ethyl adjacent to an activating group) is 1. The highest BCUT2D eigenvalue weighted by Crippen LogP contribution is 2.20. The van der Waals surface area contributed by atoms with Gasteiger partial charge in [0, 0.05) is 29.7 Å². The minimum absolute atomic E-state index is 0.228. The molecule has 1 heterocycles. The molecule has 0 aliphatic rings. The maximum Gasteiger partial charge on any atom is 0.0558 e. The zero-order chi connectivity index (χ0) is 13.0. The van der Waals surface area contributed by atoms with Crippen molar-refractivity contribution >= 4 is 10.9 Å². The lowest BCUT2D eigenvalue weighted by atomic mass is 10.0. The van der Waals surface area contributed by atoms with Gasteiger partial charge in [-0.15, -0.1) is 0 Å². The summed E-state index contributed by atoms with van der Waals surface area (Å²) >= 11 is 0. The quantitative estimate of drug-likeness (QED) is 0.821. The van der Waals surface area contributed by atoms with Crippen LogP contribution in [0.15, 0.2) is 30.5 Å². The van der Waals surface area contributed by atoms with Crippen LogP contribution in [0.1, 0.15) is 19.4 Å². The van der Waals surface area contributed by atoms with Crippen LogP contribution in [0.3, 0.4) is 0 Å². The van der Waals surface area contributed by atoms with Crippen LogP contribution in [0.2, 0.25) is 0 Å². The third-order valence-corrected chi connectivity index (χ3v) is 3.61. The van der Waals surface area contributed by atoms with E-state index in [1.165, 1.54) is 16.5 Å². The van der Waals surface area contributed by atoms with E-state index in [0.29, 0.717) is 6.04 Å². The van der Waals surface area contributed by atoms with E-state index in [2.05, 4.69) is 54.2 Å². The number of aliphatic hydroxyl groups excluding tert-OH is 1. The summed E-state index contributed by atoms with van der Waals surface area (Å²) in [6.07, 6.45) is 3.12. The van der Waals surface area contributed by atoms with Gasteiger partial charge in [0.25, 0.3) is 0 Å². The summed E-state index contributed by atoms with van der Waals surface area (Å²) in [6, 6.07) is 8.85. The molecule has 18 heavy (non-hydrogen) atoms. The van der Waals surface area contributed by atoms with Crippen LogP contribution in [-0.4, -0.2) is 40.7 Å². The molecule has 1 aromatic heterocycles. The largest absolute Gasteiger partial charge is 0.395 e. The van der Waals surface area contributed by atoms with Crippen molar-refractivity contribution < 1.29 is 5.11 Å². The number of fused-ring (bicyclic) bond motifs is 1. The number of nitrogens with zero attached hydrogens (tertiary/aromatic N) is 1. The fourth-order valence-electron chi connectivity index (χ4n) is 2.57. The molecule has 0 aliphatic heterocycles. The van der Waals surface area contributed by atoms with Gasteiger partial charge in [0.1, 0.15) is 0 Å². The highest BCUT2D eigenvalue weighted by Gasteiger charge is 2.14. The minimum Gasteiger partial charge on any atom is -0.395 e. The van der Waals surface area contributed by atoms with E-state index in [1.807, 2.05) is 0 Å². The first-order valence-electron chi connectivity index (χ1n) is 6.66. The van der Waals surface area contributed by atoms with Crippen LogP contribution in [-0.2, 0) is 6.42 Å². The number of aromatic amines is 1. The van der Waals surface area contributed by atoms with Crippen LogP contribution >= 0.6 is 0 Å². The molecule has 98 valence electrons. The van der Waals surface area contributed by atoms with Crippen LogP contribution in [0.5, 0.6) is 0 Å². The molecule has 0 amide bonds. The van der Waals surface area contributed by atoms with Gasteiger partial charge >= 0.3 is 0 Å². The normalized spacial score (nSPS) is 13.3. The van der Waals surface area contributed by atoms with Gasteiger partial charge in [0.15, 0.2) is 0 Å². The van der Waals surface area contributed by atoms with Gasteiger partial charge in [0.2, 0.25) is 0 Å². The average molecular weight is 246 g/mol. The average Bonchev–Trinajstić information content (AvgIpc) is 2.79. The summed E-state index contributed by atoms with van der Waals surface area (Å²) in [5.74, 6) is 0. The zero-order valence-corrected chi connectivity index (χ0v) is 11.2. The van der Waals surface area contributed by atoms with Crippen molar-refractivity contribution in [2.45, 2.75) is 26.3 Å². The van der Waals surface area contributed by atoms with E-state index >= 15 is 0 Å². The van der Waals surface area contributed by atoms with Crippen molar-refractivity contribution in [1.82, 2.24) is 9.88 Å². The second kappa shape index (κ2) is 6.03. The number of aliphatic hydroxyl groups is 1. The van der Waals surface area contributed by atoms with Crippen molar-refractivity contribution in [3.63, 3.8) is 0 Å². The Morgan fingerprint density at radius 1 is 1.33 bits per heavy atom. The van der Waals surface area contributed by atoms with Gasteiger partial charge in [-0.1, -0.05) is 25.1 Å². The number of benzene rings is 1. The second-order valence-corrected chi connectivity index (χ2v) is 4.76. The number of hydrogen-bond donors (Lipinski definition) is 2. The number of hydrogen-bond acceptors (Lipinski definition) is 2. The molecule has 0 bridgehead atoms. The molecule has 2 aromatic rings. The Bertz CT molecular complexity index is 492. The third-order valence-electron chi connectivity index (χ3n) is 3.61. The topological polar surface area (TPSA) is 39.3 Å². The first-order valence-corrected chi connectivity index (χ1v) is 6.66. The number of aromatic nitrogens is 1. The predicted octanol–water partition coefficient (Wildman–Crippen LogP) is 2.41. The van der Waals surface area contributed by atoms with Crippen LogP contribution < -0.4 is 0 Å². The fourth-order valence-corrected chi connectivity index (χ4v) is 2.57. The number of para-hydroxylation sites is 1. The molecule has 1 atom stereocenters. The van der Waals surface area contributed by atoms with Gasteiger partial charge in [0.05, 0.1) is 6.61 Å². The van der Waals surface area contributed by atoms with Gasteiger partial charge < -0.3 is 10.1 Å². The molecule has 2 N–H and O–H groups in total. The Kier molecular flexibility index (Phi) is 4.39. The van der Waals surface area contributed by atoms with E-state index in [1.54, 1.807) is 0 Å². The Labute approximate surface area is 108 Å². The Morgan fingerprint density at radius 3 is 2.83 bits per heavy atom. The minimum atomic E-state index is 0.228. The molecule has 1 unspecified atom stereocenters. The molecule has 1 aromatic carbocycles. The molecular weight excluding hydrogens is 224 g/mol. The summed E-state index contributed by atoms with van der Waals surface area (Å²) in [5, 5.41) is 10.4. The Balaban J connectivity index is 2.13. The summed E-state index contributed by atoms with van der Waals surface area (Å²) in [7, 11) is 0. The first kappa shape index (κ1) is 13.1. The van der Waals surface area contributed by atoms with Crippen molar-refractivity contribution in [2.75, 3.05) is 19.7 Å². The summed E-state index contributed by atoms with van der Waals surface area (Å²) in [4.78, 5) is 5.62. The molecule has 0 saturated heterocycles. The maximum absolute atomic E-state index is 9.07. The van der Waals surface area contributed by atoms with E-state index in [0.717, 1.165) is 19.5 Å². The van der Waals surface area contributed by atoms with E-state index < -0.39 is 0 Å². The van der Waals surface area contributed by atoms with Crippen LogP contribution in [0.4, 0.5) is 0 Å². The number of H-pyrrole nitrogens is 1. The summed E-state index contributed by atoms with van der Waals surface area (Å²) in [5.41, 5.74) is 2.55. The highest BCUT2D eigenvalue weighted by atomic mass is 16.3. The smallest absolute Gasteiger partial charge is 0.0558 e. The Morgan fingerprint density at radius 2 is 2.11 bits per heavy atom. The SMILES string of the molecule is CCN(CCO)C(C)Cc1c[nH]c2ccccc12. The van der Waals surface area contributed by atoms with Crippen molar-refractivity contribution in [3.8, 4) is 0 Å². The van der Waals surface area contributed by atoms with E-state index in [9.17, 15) is 0 Å². The second-order valence-electron chi connectivity index (χ2n) is 4.76. The standard InChI is InChI=1S/C15H22N2O/c1-3-17(8-9-18)12(2)10-13-11-16-15-7-5-4-6-14(13)15/h4-7,11-12,16,18H,3,8-10H2,1-2H3. The van der Waals surface area contributed by atoms with Crippen LogP contribution in [0.25, 0.3) is 10.9 Å². The molecule has 3 heteroatoms. The summed E-state index contributed by atoms with van der Waals surface area (Å²) in [6.45, 7) is 6.32. The van der Waals surface area contributed by atoms with E-state index in [-0.39, 0.29) is 6.61 Å². The molecule has 2 rings (SSSR count). The molecule has 0 fully saturated rings. The molecule has 0 radical (unpaired) electrons. The number of rotatable bonds is 6. The molecular formula is C15H22N2O. The van der Waals surface area contributed by atoms with Crippen molar-refractivity contribution in [2.24, 2.45) is 0 Å². The van der Waals surface area contributed by atoms with Gasteiger partial charge in [-0.05, 0) is 31.5 Å². The van der Waals surface area contributed by atoms with E-state index in [4.69, 9.17) is 5.11 Å². The predicted molar refractivity (Wildman–Crippen MR) is 75.8 cm³/mol. The highest BCUT2D eigenvalue weighted by molar-refractivity contribution is 5.83. The lowest BCUT2D eigenvalue weighted by Crippen LogP contribution is -2.36. The van der Waals surface area contributed by atoms with Crippen molar-refractivity contribution in [1.29, 1.82) is 0 Å². The molecule has 3 nitrogen and oxygen atoms in total. The summed E-state index contributed by atoms with van der Waals surface area (Å²) < 4.78 is 0. The van der Waals surface area contributed by atoms with Gasteiger partial charge in [-0.3, -0.25) is 4.90 Å². The Hall–Kier alpha value is -1.32. The lowest BCUT2D eigenvalue weighted by Gasteiger charge is -2.26. The zero-order valence-electron chi connectivity index (χ0n) is 11.2. The van der Waals surface area contributed by atoms with Crippen molar-refractivity contribution in [3.05, 3.63) is 36.0 Å². The first-order chi connectivity index (χ1) is 8.76. The van der Waals surface area contributed by atoms with Gasteiger partial charge in [-0.2, -0.15) is 0 Å². The molecule has 0 saturated carbocycles.